The molecule has 2 aromatic carbocycles. The number of likely N-dealkylation sites (N-methyl/N-ethyl adjacent to an activating group) is 1. The Morgan fingerprint density at radius 2 is 1.86 bits per heavy atom. The summed E-state index contributed by atoms with van der Waals surface area (Å²) in [5.41, 5.74) is 1.76. The third kappa shape index (κ3) is 4.69. The first kappa shape index (κ1) is 15.7. The predicted molar refractivity (Wildman–Crippen MR) is 89.3 cm³/mol. The second-order valence-electron chi connectivity index (χ2n) is 5.21. The monoisotopic (exact) mass is 346 g/mol. The van der Waals surface area contributed by atoms with Crippen molar-refractivity contribution in [2.45, 2.75) is 6.04 Å². The summed E-state index contributed by atoms with van der Waals surface area (Å²) in [5, 5.41) is 3.11. The van der Waals surface area contributed by atoms with Crippen molar-refractivity contribution in [2.75, 3.05) is 20.6 Å². The smallest absolute Gasteiger partial charge is 0.251 e. The van der Waals surface area contributed by atoms with Crippen LogP contribution in [0.3, 0.4) is 0 Å². The number of hydrogen-bond acceptors (Lipinski definition) is 2. The van der Waals surface area contributed by atoms with Crippen LogP contribution >= 0.6 is 15.9 Å². The molecule has 1 amide bonds. The van der Waals surface area contributed by atoms with E-state index in [1.54, 1.807) is 0 Å². The first-order valence-corrected chi connectivity index (χ1v) is 7.61. The molecule has 0 saturated carbocycles. The van der Waals surface area contributed by atoms with Crippen molar-refractivity contribution in [3.8, 4) is 0 Å². The fraction of sp³-hybridized carbons (Fsp3) is 0.235. The van der Waals surface area contributed by atoms with Crippen molar-refractivity contribution >= 4 is 21.8 Å². The Morgan fingerprint density at radius 1 is 1.14 bits per heavy atom. The SMILES string of the molecule is CN(C)C[C@@H](NC(=O)c1cccc(Br)c1)c1ccccc1. The van der Waals surface area contributed by atoms with E-state index in [9.17, 15) is 4.79 Å². The van der Waals surface area contributed by atoms with Crippen LogP contribution in [0.2, 0.25) is 0 Å². The number of hydrogen-bond donors (Lipinski definition) is 1. The third-order valence-corrected chi connectivity index (χ3v) is 3.64. The maximum atomic E-state index is 12.4. The van der Waals surface area contributed by atoms with Crippen LogP contribution in [0.5, 0.6) is 0 Å². The quantitative estimate of drug-likeness (QED) is 0.898. The maximum Gasteiger partial charge on any atom is 0.251 e. The lowest BCUT2D eigenvalue weighted by atomic mass is 10.1. The average molecular weight is 347 g/mol. The number of amides is 1. The number of nitrogens with one attached hydrogen (secondary N) is 1. The normalized spacial score (nSPS) is 12.2. The molecule has 0 fully saturated rings. The topological polar surface area (TPSA) is 32.3 Å². The van der Waals surface area contributed by atoms with Gasteiger partial charge in [-0.1, -0.05) is 52.3 Å². The molecule has 1 N–H and O–H groups in total. The molecule has 3 nitrogen and oxygen atoms in total. The van der Waals surface area contributed by atoms with E-state index in [1.807, 2.05) is 68.7 Å². The first-order valence-electron chi connectivity index (χ1n) is 6.82. The fourth-order valence-corrected chi connectivity index (χ4v) is 2.56. The van der Waals surface area contributed by atoms with Crippen molar-refractivity contribution in [1.82, 2.24) is 10.2 Å². The lowest BCUT2D eigenvalue weighted by Crippen LogP contribution is -2.35. The van der Waals surface area contributed by atoms with E-state index in [0.29, 0.717) is 5.56 Å². The van der Waals surface area contributed by atoms with Gasteiger partial charge >= 0.3 is 0 Å². The van der Waals surface area contributed by atoms with Gasteiger partial charge in [-0.2, -0.15) is 0 Å². The molecule has 0 radical (unpaired) electrons. The molecule has 0 aromatic heterocycles. The highest BCUT2D eigenvalue weighted by molar-refractivity contribution is 9.10. The molecule has 110 valence electrons. The van der Waals surface area contributed by atoms with Gasteiger partial charge in [0.25, 0.3) is 5.91 Å². The van der Waals surface area contributed by atoms with Gasteiger partial charge in [-0.15, -0.1) is 0 Å². The minimum absolute atomic E-state index is 0.0346. The van der Waals surface area contributed by atoms with Crippen LogP contribution in [0, 0.1) is 0 Å². The minimum atomic E-state index is -0.0630. The Bertz CT molecular complexity index is 599. The number of halogens is 1. The largest absolute Gasteiger partial charge is 0.344 e. The van der Waals surface area contributed by atoms with Gasteiger partial charge in [0.05, 0.1) is 6.04 Å². The molecule has 0 aliphatic heterocycles. The summed E-state index contributed by atoms with van der Waals surface area (Å²) in [6.45, 7) is 0.754. The lowest BCUT2D eigenvalue weighted by Gasteiger charge is -2.23. The molecule has 2 aromatic rings. The zero-order valence-corrected chi connectivity index (χ0v) is 13.8. The summed E-state index contributed by atoms with van der Waals surface area (Å²) in [7, 11) is 4.00. The van der Waals surface area contributed by atoms with Gasteiger partial charge in [-0.25, -0.2) is 0 Å². The summed E-state index contributed by atoms with van der Waals surface area (Å²) in [6, 6.07) is 17.4. The fourth-order valence-electron chi connectivity index (χ4n) is 2.16. The zero-order valence-electron chi connectivity index (χ0n) is 12.2. The third-order valence-electron chi connectivity index (χ3n) is 3.14. The van der Waals surface area contributed by atoms with Crippen molar-refractivity contribution in [3.05, 3.63) is 70.2 Å². The minimum Gasteiger partial charge on any atom is -0.344 e. The second-order valence-corrected chi connectivity index (χ2v) is 6.12. The molecular formula is C17H19BrN2O. The van der Waals surface area contributed by atoms with E-state index in [4.69, 9.17) is 0 Å². The van der Waals surface area contributed by atoms with Crippen molar-refractivity contribution < 1.29 is 4.79 Å². The van der Waals surface area contributed by atoms with Gasteiger partial charge in [0, 0.05) is 16.6 Å². The number of benzene rings is 2. The van der Waals surface area contributed by atoms with Crippen LogP contribution in [-0.2, 0) is 0 Å². The number of carbonyl (C=O) groups excluding carboxylic acids is 1. The van der Waals surface area contributed by atoms with Gasteiger partial charge in [0.2, 0.25) is 0 Å². The molecule has 0 unspecified atom stereocenters. The molecule has 0 spiro atoms. The highest BCUT2D eigenvalue weighted by Crippen LogP contribution is 2.16. The standard InChI is InChI=1S/C17H19BrN2O/c1-20(2)12-16(13-7-4-3-5-8-13)19-17(21)14-9-6-10-15(18)11-14/h3-11,16H,12H2,1-2H3,(H,19,21)/t16-/m1/s1. The Labute approximate surface area is 134 Å². The van der Waals surface area contributed by atoms with E-state index in [0.717, 1.165) is 16.6 Å². The molecule has 2 rings (SSSR count). The van der Waals surface area contributed by atoms with Crippen molar-refractivity contribution in [3.63, 3.8) is 0 Å². The summed E-state index contributed by atoms with van der Waals surface area (Å²) >= 11 is 3.39. The zero-order chi connectivity index (χ0) is 15.2. The molecule has 0 bridgehead atoms. The molecule has 21 heavy (non-hydrogen) atoms. The summed E-state index contributed by atoms with van der Waals surface area (Å²) < 4.78 is 0.902. The van der Waals surface area contributed by atoms with Gasteiger partial charge in [-0.3, -0.25) is 4.79 Å². The average Bonchev–Trinajstić information content (AvgIpc) is 2.47. The van der Waals surface area contributed by atoms with E-state index < -0.39 is 0 Å². The van der Waals surface area contributed by atoms with E-state index in [2.05, 4.69) is 26.1 Å². The Kier molecular flexibility index (Phi) is 5.53. The molecule has 0 aliphatic carbocycles. The number of rotatable bonds is 5. The number of carbonyl (C=O) groups is 1. The van der Waals surface area contributed by atoms with Gasteiger partial charge in [-0.05, 0) is 37.9 Å². The lowest BCUT2D eigenvalue weighted by molar-refractivity contribution is 0.0930. The maximum absolute atomic E-state index is 12.4. The van der Waals surface area contributed by atoms with Gasteiger partial charge in [0.1, 0.15) is 0 Å². The highest BCUT2D eigenvalue weighted by Gasteiger charge is 2.16. The van der Waals surface area contributed by atoms with Crippen LogP contribution in [0.25, 0.3) is 0 Å². The van der Waals surface area contributed by atoms with Gasteiger partial charge in [0.15, 0.2) is 0 Å². The summed E-state index contributed by atoms with van der Waals surface area (Å²) in [4.78, 5) is 14.5. The van der Waals surface area contributed by atoms with Gasteiger partial charge < -0.3 is 10.2 Å². The highest BCUT2D eigenvalue weighted by atomic mass is 79.9. The molecule has 0 heterocycles. The van der Waals surface area contributed by atoms with Crippen LogP contribution < -0.4 is 5.32 Å². The molecule has 0 aliphatic rings. The molecule has 1 atom stereocenters. The van der Waals surface area contributed by atoms with E-state index in [1.165, 1.54) is 0 Å². The predicted octanol–water partition coefficient (Wildman–Crippen LogP) is 3.48. The summed E-state index contributed by atoms with van der Waals surface area (Å²) in [5.74, 6) is -0.0630. The van der Waals surface area contributed by atoms with Crippen LogP contribution in [0.4, 0.5) is 0 Å². The van der Waals surface area contributed by atoms with Crippen molar-refractivity contribution in [1.29, 1.82) is 0 Å². The van der Waals surface area contributed by atoms with Crippen LogP contribution in [0.15, 0.2) is 59.1 Å². The Morgan fingerprint density at radius 3 is 2.48 bits per heavy atom. The molecule has 0 saturated heterocycles. The van der Waals surface area contributed by atoms with E-state index in [-0.39, 0.29) is 11.9 Å². The summed E-state index contributed by atoms with van der Waals surface area (Å²) in [6.07, 6.45) is 0. The molecular weight excluding hydrogens is 328 g/mol. The van der Waals surface area contributed by atoms with Crippen LogP contribution in [-0.4, -0.2) is 31.4 Å². The molecule has 4 heteroatoms. The van der Waals surface area contributed by atoms with Crippen molar-refractivity contribution in [2.24, 2.45) is 0 Å². The Balaban J connectivity index is 2.17. The Hall–Kier alpha value is -1.65. The number of nitrogens with zero attached hydrogens (tertiary/aromatic N) is 1. The first-order chi connectivity index (χ1) is 10.1. The van der Waals surface area contributed by atoms with E-state index >= 15 is 0 Å². The van der Waals surface area contributed by atoms with Crippen LogP contribution in [0.1, 0.15) is 22.0 Å². The second kappa shape index (κ2) is 7.38.